The average molecular weight is 564 g/mol. The Bertz CT molecular complexity index is 734. The Morgan fingerprint density at radius 2 is 2.11 bits per heavy atom. The number of hydrogen-bond donors (Lipinski definition) is 2. The van der Waals surface area contributed by atoms with Gasteiger partial charge in [0.1, 0.15) is 5.01 Å². The topological polar surface area (TPSA) is 52.6 Å². The lowest BCUT2D eigenvalue weighted by Crippen LogP contribution is -2.39. The molecule has 148 valence electrons. The van der Waals surface area contributed by atoms with Crippen molar-refractivity contribution < 1.29 is 0 Å². The molecule has 1 saturated heterocycles. The number of anilines is 1. The highest BCUT2D eigenvalue weighted by Gasteiger charge is 2.22. The van der Waals surface area contributed by atoms with Gasteiger partial charge in [-0.25, -0.2) is 4.98 Å². The predicted molar refractivity (Wildman–Crippen MR) is 130 cm³/mol. The Hall–Kier alpha value is -0.870. The number of aromatic nitrogens is 1. The second-order valence-corrected chi connectivity index (χ2v) is 8.57. The van der Waals surface area contributed by atoms with Crippen LogP contribution in [0.3, 0.4) is 0 Å². The van der Waals surface area contributed by atoms with Crippen LogP contribution in [0, 0.1) is 5.92 Å². The van der Waals surface area contributed by atoms with E-state index in [1.54, 1.807) is 11.3 Å². The van der Waals surface area contributed by atoms with Crippen LogP contribution in [0.15, 0.2) is 39.9 Å². The van der Waals surface area contributed by atoms with Crippen LogP contribution in [0.5, 0.6) is 0 Å². The van der Waals surface area contributed by atoms with Gasteiger partial charge in [-0.05, 0) is 43.0 Å². The number of thiazole rings is 1. The van der Waals surface area contributed by atoms with E-state index < -0.39 is 0 Å². The second-order valence-electron chi connectivity index (χ2n) is 6.46. The predicted octanol–water partition coefficient (Wildman–Crippen LogP) is 4.28. The zero-order valence-corrected chi connectivity index (χ0v) is 20.5. The number of rotatable bonds is 6. The van der Waals surface area contributed by atoms with E-state index in [9.17, 15) is 0 Å². The summed E-state index contributed by atoms with van der Waals surface area (Å²) in [6.45, 7) is 6.01. The largest absolute Gasteiger partial charge is 0.371 e. The average Bonchev–Trinajstić information content (AvgIpc) is 3.32. The number of aliphatic imine (C=N–C) groups is 1. The highest BCUT2D eigenvalue weighted by molar-refractivity contribution is 14.0. The van der Waals surface area contributed by atoms with E-state index in [1.807, 2.05) is 13.2 Å². The summed E-state index contributed by atoms with van der Waals surface area (Å²) in [5.41, 5.74) is 1.30. The molecule has 1 aromatic heterocycles. The van der Waals surface area contributed by atoms with Gasteiger partial charge in [0.25, 0.3) is 0 Å². The molecule has 2 heterocycles. The first-order chi connectivity index (χ1) is 12.7. The maximum Gasteiger partial charge on any atom is 0.191 e. The molecule has 1 unspecified atom stereocenters. The molecule has 3 rings (SSSR count). The van der Waals surface area contributed by atoms with Crippen molar-refractivity contribution in [2.24, 2.45) is 10.9 Å². The number of benzene rings is 1. The normalized spacial score (nSPS) is 16.9. The third kappa shape index (κ3) is 6.60. The first-order valence-electron chi connectivity index (χ1n) is 9.06. The van der Waals surface area contributed by atoms with E-state index >= 15 is 0 Å². The molecule has 0 radical (unpaired) electrons. The van der Waals surface area contributed by atoms with Gasteiger partial charge in [0.05, 0.1) is 6.54 Å². The minimum absolute atomic E-state index is 0. The fourth-order valence-electron chi connectivity index (χ4n) is 3.10. The highest BCUT2D eigenvalue weighted by atomic mass is 127. The van der Waals surface area contributed by atoms with Crippen molar-refractivity contribution in [2.75, 3.05) is 31.6 Å². The summed E-state index contributed by atoms with van der Waals surface area (Å²) >= 11 is 5.26. The number of nitrogens with zero attached hydrogens (tertiary/aromatic N) is 3. The summed E-state index contributed by atoms with van der Waals surface area (Å²) in [6.07, 6.45) is 4.21. The second kappa shape index (κ2) is 11.2. The lowest BCUT2D eigenvalue weighted by molar-refractivity contribution is 0.565. The first kappa shape index (κ1) is 22.4. The zero-order chi connectivity index (χ0) is 18.4. The van der Waals surface area contributed by atoms with E-state index in [0.29, 0.717) is 5.92 Å². The van der Waals surface area contributed by atoms with E-state index in [1.165, 1.54) is 17.0 Å². The first-order valence-corrected chi connectivity index (χ1v) is 10.7. The Morgan fingerprint density at radius 3 is 2.78 bits per heavy atom. The quantitative estimate of drug-likeness (QED) is 0.313. The van der Waals surface area contributed by atoms with Crippen LogP contribution < -0.4 is 15.5 Å². The fourth-order valence-corrected chi connectivity index (χ4v) is 4.17. The highest BCUT2D eigenvalue weighted by Crippen LogP contribution is 2.25. The fraction of sp³-hybridized carbons (Fsp3) is 0.474. The molecule has 1 aromatic carbocycles. The molecule has 27 heavy (non-hydrogen) atoms. The van der Waals surface area contributed by atoms with Crippen molar-refractivity contribution in [1.29, 1.82) is 0 Å². The monoisotopic (exact) mass is 563 g/mol. The molecule has 1 aliphatic heterocycles. The molecule has 5 nitrogen and oxygen atoms in total. The zero-order valence-electron chi connectivity index (χ0n) is 15.7. The minimum atomic E-state index is 0. The Kier molecular flexibility index (Phi) is 9.31. The molecule has 0 aliphatic carbocycles. The van der Waals surface area contributed by atoms with E-state index in [4.69, 9.17) is 0 Å². The van der Waals surface area contributed by atoms with Crippen molar-refractivity contribution >= 4 is 62.9 Å². The number of aryl methyl sites for hydroxylation is 1. The number of hydrogen-bond acceptors (Lipinski definition) is 4. The van der Waals surface area contributed by atoms with Crippen LogP contribution >= 0.6 is 51.2 Å². The number of guanidine groups is 1. The Balaban J connectivity index is 0.00000261. The van der Waals surface area contributed by atoms with Gasteiger partial charge in [-0.1, -0.05) is 22.9 Å². The Labute approximate surface area is 191 Å². The Morgan fingerprint density at radius 1 is 1.33 bits per heavy atom. The summed E-state index contributed by atoms with van der Waals surface area (Å²) in [5, 5.41) is 7.93. The molecule has 0 amide bonds. The van der Waals surface area contributed by atoms with Crippen LogP contribution in [0.25, 0.3) is 0 Å². The van der Waals surface area contributed by atoms with Gasteiger partial charge in [-0.2, -0.15) is 0 Å². The molecule has 8 heteroatoms. The van der Waals surface area contributed by atoms with Crippen molar-refractivity contribution in [1.82, 2.24) is 15.6 Å². The summed E-state index contributed by atoms with van der Waals surface area (Å²) in [4.78, 5) is 12.6. The lowest BCUT2D eigenvalue weighted by Gasteiger charge is -2.19. The van der Waals surface area contributed by atoms with Gasteiger partial charge in [0, 0.05) is 47.9 Å². The molecule has 2 N–H and O–H groups in total. The van der Waals surface area contributed by atoms with Crippen LogP contribution in [0.4, 0.5) is 5.69 Å². The van der Waals surface area contributed by atoms with Crippen molar-refractivity contribution in [3.05, 3.63) is 44.8 Å². The van der Waals surface area contributed by atoms with Crippen molar-refractivity contribution in [2.45, 2.75) is 26.3 Å². The summed E-state index contributed by atoms with van der Waals surface area (Å²) in [6, 6.07) is 8.57. The van der Waals surface area contributed by atoms with E-state index in [-0.39, 0.29) is 24.0 Å². The van der Waals surface area contributed by atoms with E-state index in [0.717, 1.165) is 48.0 Å². The van der Waals surface area contributed by atoms with Crippen LogP contribution in [0.2, 0.25) is 0 Å². The maximum atomic E-state index is 4.44. The molecule has 2 aromatic rings. The molecule has 1 aliphatic rings. The van der Waals surface area contributed by atoms with Gasteiger partial charge in [-0.3, -0.25) is 4.99 Å². The maximum absolute atomic E-state index is 4.44. The van der Waals surface area contributed by atoms with Crippen LogP contribution in [-0.2, 0) is 13.0 Å². The number of halogens is 2. The van der Waals surface area contributed by atoms with Gasteiger partial charge >= 0.3 is 0 Å². The van der Waals surface area contributed by atoms with Gasteiger partial charge < -0.3 is 15.5 Å². The third-order valence-electron chi connectivity index (χ3n) is 4.62. The van der Waals surface area contributed by atoms with E-state index in [2.05, 4.69) is 72.6 Å². The smallest absolute Gasteiger partial charge is 0.191 e. The van der Waals surface area contributed by atoms with Gasteiger partial charge in [-0.15, -0.1) is 35.3 Å². The molecular weight excluding hydrogens is 537 g/mol. The third-order valence-corrected chi connectivity index (χ3v) is 6.29. The lowest BCUT2D eigenvalue weighted by atomic mass is 10.1. The standard InChI is InChI=1S/C19H26BrN5S.HI/c1-3-17-11-22-18(26-17)12-24-19(21-2)23-10-14-8-9-25(13-14)16-6-4-15(20)5-7-16;/h4-7,11,14H,3,8-10,12-13H2,1-2H3,(H2,21,23,24);1H. The van der Waals surface area contributed by atoms with Crippen molar-refractivity contribution in [3.63, 3.8) is 0 Å². The summed E-state index contributed by atoms with van der Waals surface area (Å²) < 4.78 is 1.12. The van der Waals surface area contributed by atoms with Crippen LogP contribution in [0.1, 0.15) is 23.2 Å². The minimum Gasteiger partial charge on any atom is -0.371 e. The van der Waals surface area contributed by atoms with Crippen molar-refractivity contribution in [3.8, 4) is 0 Å². The summed E-state index contributed by atoms with van der Waals surface area (Å²) in [5.74, 6) is 1.48. The molecular formula is C19H27BrIN5S. The summed E-state index contributed by atoms with van der Waals surface area (Å²) in [7, 11) is 1.82. The van der Waals surface area contributed by atoms with Gasteiger partial charge in [0.15, 0.2) is 5.96 Å². The number of nitrogens with one attached hydrogen (secondary N) is 2. The molecule has 0 bridgehead atoms. The van der Waals surface area contributed by atoms with Gasteiger partial charge in [0.2, 0.25) is 0 Å². The molecule has 0 spiro atoms. The molecule has 1 atom stereocenters. The molecule has 0 saturated carbocycles. The van der Waals surface area contributed by atoms with Crippen LogP contribution in [-0.4, -0.2) is 37.6 Å². The SMILES string of the molecule is CCc1cnc(CNC(=NC)NCC2CCN(c3ccc(Br)cc3)C2)s1.I. The molecule has 1 fully saturated rings.